The number of rotatable bonds is 3. The molecule has 2 aromatic rings. The van der Waals surface area contributed by atoms with Crippen molar-refractivity contribution in [2.24, 2.45) is 5.92 Å². The third-order valence-corrected chi connectivity index (χ3v) is 4.73. The normalized spacial score (nSPS) is 15.9. The molecule has 1 saturated heterocycles. The van der Waals surface area contributed by atoms with Crippen LogP contribution in [-0.4, -0.2) is 18.1 Å². The van der Waals surface area contributed by atoms with E-state index in [1.54, 1.807) is 12.3 Å². The largest absolute Gasteiger partial charge is 0.371 e. The Morgan fingerprint density at radius 3 is 2.65 bits per heavy atom. The van der Waals surface area contributed by atoms with Crippen molar-refractivity contribution in [3.05, 3.63) is 58.4 Å². The molecule has 2 nitrogen and oxygen atoms in total. The topological polar surface area (TPSA) is 16.1 Å². The van der Waals surface area contributed by atoms with Gasteiger partial charge in [-0.25, -0.2) is 13.8 Å². The average molecular weight is 337 g/mol. The summed E-state index contributed by atoms with van der Waals surface area (Å²) in [5.74, 6) is -0.542. The molecule has 122 valence electrons. The van der Waals surface area contributed by atoms with E-state index in [1.165, 1.54) is 6.07 Å². The molecule has 1 aliphatic rings. The predicted molar refractivity (Wildman–Crippen MR) is 89.0 cm³/mol. The van der Waals surface area contributed by atoms with Crippen LogP contribution in [0, 0.1) is 24.5 Å². The zero-order valence-corrected chi connectivity index (χ0v) is 13.8. The molecule has 0 N–H and O–H groups in total. The van der Waals surface area contributed by atoms with Crippen molar-refractivity contribution >= 4 is 17.3 Å². The SMILES string of the molecule is Cc1cnc(Cl)cc1N1CCC(Cc2ccc(F)cc2F)CC1. The second kappa shape index (κ2) is 6.83. The van der Waals surface area contributed by atoms with E-state index in [1.807, 2.05) is 13.0 Å². The van der Waals surface area contributed by atoms with Crippen molar-refractivity contribution in [1.82, 2.24) is 4.98 Å². The second-order valence-electron chi connectivity index (χ2n) is 6.16. The van der Waals surface area contributed by atoms with Gasteiger partial charge >= 0.3 is 0 Å². The summed E-state index contributed by atoms with van der Waals surface area (Å²) in [5.41, 5.74) is 2.84. The highest BCUT2D eigenvalue weighted by molar-refractivity contribution is 6.29. The smallest absolute Gasteiger partial charge is 0.131 e. The molecule has 0 saturated carbocycles. The molecule has 0 amide bonds. The Morgan fingerprint density at radius 2 is 1.96 bits per heavy atom. The van der Waals surface area contributed by atoms with E-state index in [0.717, 1.165) is 43.2 Å². The van der Waals surface area contributed by atoms with Crippen molar-refractivity contribution in [1.29, 1.82) is 0 Å². The van der Waals surface area contributed by atoms with Crippen LogP contribution in [0.4, 0.5) is 14.5 Å². The number of aromatic nitrogens is 1. The van der Waals surface area contributed by atoms with Gasteiger partial charge in [0.15, 0.2) is 0 Å². The van der Waals surface area contributed by atoms with E-state index < -0.39 is 11.6 Å². The molecule has 0 atom stereocenters. The Kier molecular flexibility index (Phi) is 4.81. The van der Waals surface area contributed by atoms with Gasteiger partial charge in [-0.05, 0) is 55.4 Å². The molecule has 0 radical (unpaired) electrons. The summed E-state index contributed by atoms with van der Waals surface area (Å²) in [4.78, 5) is 6.39. The molecule has 1 aromatic carbocycles. The minimum atomic E-state index is -0.522. The fourth-order valence-electron chi connectivity index (χ4n) is 3.21. The lowest BCUT2D eigenvalue weighted by atomic mass is 9.89. The van der Waals surface area contributed by atoms with Gasteiger partial charge < -0.3 is 4.90 Å². The van der Waals surface area contributed by atoms with Gasteiger partial charge in [-0.3, -0.25) is 0 Å². The fraction of sp³-hybridized carbons (Fsp3) is 0.389. The molecule has 0 spiro atoms. The van der Waals surface area contributed by atoms with E-state index in [9.17, 15) is 8.78 Å². The second-order valence-corrected chi connectivity index (χ2v) is 6.55. The van der Waals surface area contributed by atoms with Crippen molar-refractivity contribution in [2.45, 2.75) is 26.2 Å². The monoisotopic (exact) mass is 336 g/mol. The van der Waals surface area contributed by atoms with Gasteiger partial charge in [0.2, 0.25) is 0 Å². The number of piperidine rings is 1. The quantitative estimate of drug-likeness (QED) is 0.750. The van der Waals surface area contributed by atoms with Crippen molar-refractivity contribution in [2.75, 3.05) is 18.0 Å². The third-order valence-electron chi connectivity index (χ3n) is 4.52. The lowest BCUT2D eigenvalue weighted by Crippen LogP contribution is -2.34. The van der Waals surface area contributed by atoms with Gasteiger partial charge in [-0.2, -0.15) is 0 Å². The van der Waals surface area contributed by atoms with Gasteiger partial charge in [0.05, 0.1) is 0 Å². The molecule has 3 rings (SSSR count). The third kappa shape index (κ3) is 3.81. The Labute approximate surface area is 140 Å². The zero-order valence-electron chi connectivity index (χ0n) is 13.0. The van der Waals surface area contributed by atoms with Crippen molar-refractivity contribution < 1.29 is 8.78 Å². The lowest BCUT2D eigenvalue weighted by Gasteiger charge is -2.34. The van der Waals surface area contributed by atoms with Crippen LogP contribution >= 0.6 is 11.6 Å². The summed E-state index contributed by atoms with van der Waals surface area (Å²) in [6.45, 7) is 3.85. The molecule has 1 aromatic heterocycles. The van der Waals surface area contributed by atoms with Crippen LogP contribution in [0.25, 0.3) is 0 Å². The highest BCUT2D eigenvalue weighted by Crippen LogP contribution is 2.29. The molecule has 1 aliphatic heterocycles. The van der Waals surface area contributed by atoms with Crippen LogP contribution in [-0.2, 0) is 6.42 Å². The van der Waals surface area contributed by atoms with Gasteiger partial charge in [0, 0.05) is 31.0 Å². The van der Waals surface area contributed by atoms with Gasteiger partial charge in [0.1, 0.15) is 16.8 Å². The summed E-state index contributed by atoms with van der Waals surface area (Å²) in [6.07, 6.45) is 4.42. The van der Waals surface area contributed by atoms with Crippen LogP contribution in [0.5, 0.6) is 0 Å². The molecule has 23 heavy (non-hydrogen) atoms. The molecule has 0 unspecified atom stereocenters. The van der Waals surface area contributed by atoms with Crippen molar-refractivity contribution in [3.8, 4) is 0 Å². The zero-order chi connectivity index (χ0) is 16.4. The summed E-state index contributed by atoms with van der Waals surface area (Å²) < 4.78 is 26.7. The predicted octanol–water partition coefficient (Wildman–Crippen LogP) is 4.78. The number of benzene rings is 1. The maximum Gasteiger partial charge on any atom is 0.131 e. The number of nitrogens with zero attached hydrogens (tertiary/aromatic N) is 2. The number of anilines is 1. The molecule has 0 aliphatic carbocycles. The number of aryl methyl sites for hydroxylation is 1. The first-order valence-corrected chi connectivity index (χ1v) is 8.22. The highest BCUT2D eigenvalue weighted by Gasteiger charge is 2.22. The Bertz CT molecular complexity index is 697. The summed E-state index contributed by atoms with van der Waals surface area (Å²) in [7, 11) is 0. The van der Waals surface area contributed by atoms with E-state index in [0.29, 0.717) is 23.1 Å². The number of pyridine rings is 1. The lowest BCUT2D eigenvalue weighted by molar-refractivity contribution is 0.397. The minimum absolute atomic E-state index is 0.420. The molecule has 2 heterocycles. The summed E-state index contributed by atoms with van der Waals surface area (Å²) in [5, 5.41) is 0.501. The minimum Gasteiger partial charge on any atom is -0.371 e. The van der Waals surface area contributed by atoms with Crippen LogP contribution in [0.15, 0.2) is 30.5 Å². The van der Waals surface area contributed by atoms with E-state index in [4.69, 9.17) is 11.6 Å². The van der Waals surface area contributed by atoms with E-state index in [2.05, 4.69) is 9.88 Å². The van der Waals surface area contributed by atoms with Crippen LogP contribution < -0.4 is 4.90 Å². The molecule has 5 heteroatoms. The highest BCUT2D eigenvalue weighted by atomic mass is 35.5. The van der Waals surface area contributed by atoms with E-state index >= 15 is 0 Å². The average Bonchev–Trinajstić information content (AvgIpc) is 2.53. The molecule has 1 fully saturated rings. The Balaban J connectivity index is 1.63. The first-order chi connectivity index (χ1) is 11.0. The van der Waals surface area contributed by atoms with Crippen LogP contribution in [0.3, 0.4) is 0 Å². The first kappa shape index (κ1) is 16.2. The van der Waals surface area contributed by atoms with E-state index in [-0.39, 0.29) is 0 Å². The van der Waals surface area contributed by atoms with Gasteiger partial charge in [-0.15, -0.1) is 0 Å². The standard InChI is InChI=1S/C18H19ClF2N2/c1-12-11-22-18(19)10-17(12)23-6-4-13(5-7-23)8-14-2-3-15(20)9-16(14)21/h2-3,9-11,13H,4-8H2,1H3. The number of halogens is 3. The number of hydrogen-bond acceptors (Lipinski definition) is 2. The molecular formula is C18H19ClF2N2. The maximum absolute atomic E-state index is 13.8. The fourth-order valence-corrected chi connectivity index (χ4v) is 3.36. The van der Waals surface area contributed by atoms with Crippen LogP contribution in [0.1, 0.15) is 24.0 Å². The van der Waals surface area contributed by atoms with Gasteiger partial charge in [-0.1, -0.05) is 17.7 Å². The summed E-state index contributed by atoms with van der Waals surface area (Å²) in [6, 6.07) is 5.75. The maximum atomic E-state index is 13.8. The molecule has 0 bridgehead atoms. The Morgan fingerprint density at radius 1 is 1.22 bits per heavy atom. The Hall–Kier alpha value is -1.68. The van der Waals surface area contributed by atoms with Crippen LogP contribution in [0.2, 0.25) is 5.15 Å². The first-order valence-electron chi connectivity index (χ1n) is 7.84. The van der Waals surface area contributed by atoms with Gasteiger partial charge in [0.25, 0.3) is 0 Å². The van der Waals surface area contributed by atoms with Crippen molar-refractivity contribution in [3.63, 3.8) is 0 Å². The molecular weight excluding hydrogens is 318 g/mol. The summed E-state index contributed by atoms with van der Waals surface area (Å²) >= 11 is 5.99. The number of hydrogen-bond donors (Lipinski definition) is 0.